The summed E-state index contributed by atoms with van der Waals surface area (Å²) < 4.78 is 12.8. The summed E-state index contributed by atoms with van der Waals surface area (Å²) in [7, 11) is -0.466. The molecule has 0 aliphatic carbocycles. The van der Waals surface area contributed by atoms with Crippen LogP contribution >= 0.6 is 11.6 Å². The molecule has 5 heteroatoms. The van der Waals surface area contributed by atoms with E-state index in [1.54, 1.807) is 6.20 Å². The molecule has 1 aromatic carbocycles. The molecule has 0 N–H and O–H groups in total. The summed E-state index contributed by atoms with van der Waals surface area (Å²) in [5.74, 6) is 0. The van der Waals surface area contributed by atoms with Gasteiger partial charge < -0.3 is 9.31 Å². The largest absolute Gasteiger partial charge is 0.473 e. The molecule has 1 aliphatic rings. The second-order valence-corrected chi connectivity index (χ2v) is 7.86. The monoisotopic (exact) mass is 343 g/mol. The van der Waals surface area contributed by atoms with Gasteiger partial charge in [0.1, 0.15) is 5.15 Å². The van der Waals surface area contributed by atoms with Gasteiger partial charge in [0.25, 0.3) is 0 Å². The van der Waals surface area contributed by atoms with Crippen LogP contribution in [0.15, 0.2) is 48.7 Å². The molecule has 1 aliphatic heterocycles. The number of hydrogen-bond donors (Lipinski definition) is 0. The van der Waals surface area contributed by atoms with Gasteiger partial charge in [-0.3, -0.25) is 0 Å². The third-order valence-corrected chi connectivity index (χ3v) is 5.72. The SMILES string of the molecule is CC1(C)OB([C@@](C)(c2ccccc2)c2cccnc2Cl)OC1(C)C. The summed E-state index contributed by atoms with van der Waals surface area (Å²) >= 11 is 6.46. The molecule has 126 valence electrons. The zero-order valence-electron chi connectivity index (χ0n) is 14.8. The summed E-state index contributed by atoms with van der Waals surface area (Å²) in [4.78, 5) is 4.27. The van der Waals surface area contributed by atoms with E-state index in [4.69, 9.17) is 20.9 Å². The van der Waals surface area contributed by atoms with Gasteiger partial charge in [0.2, 0.25) is 0 Å². The lowest BCUT2D eigenvalue weighted by Gasteiger charge is -2.33. The van der Waals surface area contributed by atoms with Crippen LogP contribution in [0.25, 0.3) is 0 Å². The molecule has 0 bridgehead atoms. The van der Waals surface area contributed by atoms with Crippen molar-refractivity contribution in [1.82, 2.24) is 4.98 Å². The van der Waals surface area contributed by atoms with Gasteiger partial charge in [-0.05, 0) is 44.9 Å². The molecule has 0 unspecified atom stereocenters. The molecule has 2 aromatic rings. The molecular formula is C19H23BClNO2. The van der Waals surface area contributed by atoms with Gasteiger partial charge in [-0.1, -0.05) is 54.9 Å². The van der Waals surface area contributed by atoms with E-state index in [0.29, 0.717) is 5.15 Å². The van der Waals surface area contributed by atoms with E-state index in [2.05, 4.69) is 51.7 Å². The Morgan fingerprint density at radius 2 is 1.54 bits per heavy atom. The Balaban J connectivity index is 2.17. The van der Waals surface area contributed by atoms with Gasteiger partial charge in [0.05, 0.1) is 16.5 Å². The van der Waals surface area contributed by atoms with Crippen LogP contribution in [0.4, 0.5) is 0 Å². The zero-order valence-corrected chi connectivity index (χ0v) is 15.6. The molecule has 3 nitrogen and oxygen atoms in total. The van der Waals surface area contributed by atoms with Crippen LogP contribution in [0.1, 0.15) is 45.7 Å². The molecule has 1 fully saturated rings. The number of rotatable bonds is 3. The number of benzene rings is 1. The molecule has 0 spiro atoms. The topological polar surface area (TPSA) is 31.4 Å². The van der Waals surface area contributed by atoms with Crippen molar-refractivity contribution < 1.29 is 9.31 Å². The highest BCUT2D eigenvalue weighted by Gasteiger charge is 2.59. The van der Waals surface area contributed by atoms with Gasteiger partial charge >= 0.3 is 7.12 Å². The van der Waals surface area contributed by atoms with Crippen molar-refractivity contribution in [3.8, 4) is 0 Å². The quantitative estimate of drug-likeness (QED) is 0.599. The van der Waals surface area contributed by atoms with E-state index in [1.165, 1.54) is 0 Å². The first kappa shape index (κ1) is 17.5. The number of halogens is 1. The lowest BCUT2D eigenvalue weighted by Crippen LogP contribution is -2.44. The number of hydrogen-bond acceptors (Lipinski definition) is 3. The highest BCUT2D eigenvalue weighted by Crippen LogP contribution is 2.46. The smallest absolute Gasteiger partial charge is 0.402 e. The number of aromatic nitrogens is 1. The maximum Gasteiger partial charge on any atom is 0.473 e. The van der Waals surface area contributed by atoms with Crippen molar-refractivity contribution in [2.24, 2.45) is 0 Å². The predicted octanol–water partition coefficient (Wildman–Crippen LogP) is 4.67. The minimum atomic E-state index is -0.572. The van der Waals surface area contributed by atoms with Gasteiger partial charge in [-0.25, -0.2) is 4.98 Å². The molecular weight excluding hydrogens is 320 g/mol. The second-order valence-electron chi connectivity index (χ2n) is 7.50. The Bertz CT molecular complexity index is 719. The third kappa shape index (κ3) is 2.67. The van der Waals surface area contributed by atoms with Crippen molar-refractivity contribution in [2.45, 2.75) is 51.1 Å². The highest BCUT2D eigenvalue weighted by atomic mass is 35.5. The van der Waals surface area contributed by atoms with Crippen LogP contribution in [0.3, 0.4) is 0 Å². The van der Waals surface area contributed by atoms with Gasteiger partial charge in [0.15, 0.2) is 0 Å². The fraction of sp³-hybridized carbons (Fsp3) is 0.421. The Morgan fingerprint density at radius 3 is 2.08 bits per heavy atom. The molecule has 1 atom stereocenters. The molecule has 2 heterocycles. The van der Waals surface area contributed by atoms with Crippen LogP contribution in [0.2, 0.25) is 5.15 Å². The highest BCUT2D eigenvalue weighted by molar-refractivity contribution is 6.51. The minimum absolute atomic E-state index is 0.414. The summed E-state index contributed by atoms with van der Waals surface area (Å²) in [5.41, 5.74) is 1.15. The molecule has 0 radical (unpaired) electrons. The summed E-state index contributed by atoms with van der Waals surface area (Å²) in [6.45, 7) is 10.3. The summed E-state index contributed by atoms with van der Waals surface area (Å²) in [5, 5.41) is -0.101. The first-order valence-corrected chi connectivity index (χ1v) is 8.58. The average molecular weight is 344 g/mol. The normalized spacial score (nSPS) is 21.5. The third-order valence-electron chi connectivity index (χ3n) is 5.42. The maximum absolute atomic E-state index is 6.46. The molecule has 1 aromatic heterocycles. The molecule has 1 saturated heterocycles. The van der Waals surface area contributed by atoms with E-state index in [1.807, 2.05) is 30.3 Å². The Labute approximate surface area is 149 Å². The van der Waals surface area contributed by atoms with Gasteiger partial charge in [-0.15, -0.1) is 0 Å². The molecule has 3 rings (SSSR count). The van der Waals surface area contributed by atoms with Crippen molar-refractivity contribution in [1.29, 1.82) is 0 Å². The van der Waals surface area contributed by atoms with E-state index in [-0.39, 0.29) is 0 Å². The fourth-order valence-electron chi connectivity index (χ4n) is 3.06. The van der Waals surface area contributed by atoms with E-state index < -0.39 is 23.6 Å². The minimum Gasteiger partial charge on any atom is -0.402 e. The summed E-state index contributed by atoms with van der Waals surface area (Å²) in [6.07, 6.45) is 1.70. The maximum atomic E-state index is 6.46. The Morgan fingerprint density at radius 1 is 0.958 bits per heavy atom. The van der Waals surface area contributed by atoms with Crippen LogP contribution in [0, 0.1) is 0 Å². The van der Waals surface area contributed by atoms with Crippen LogP contribution in [0.5, 0.6) is 0 Å². The van der Waals surface area contributed by atoms with Crippen LogP contribution in [-0.2, 0) is 14.6 Å². The van der Waals surface area contributed by atoms with E-state index in [9.17, 15) is 0 Å². The van der Waals surface area contributed by atoms with Crippen molar-refractivity contribution in [3.63, 3.8) is 0 Å². The average Bonchev–Trinajstić information content (AvgIpc) is 2.76. The second kappa shape index (κ2) is 5.87. The van der Waals surface area contributed by atoms with E-state index >= 15 is 0 Å². The van der Waals surface area contributed by atoms with Crippen LogP contribution < -0.4 is 0 Å². The molecule has 0 amide bonds. The Hall–Kier alpha value is -1.36. The predicted molar refractivity (Wildman–Crippen MR) is 98.2 cm³/mol. The van der Waals surface area contributed by atoms with Crippen molar-refractivity contribution in [2.75, 3.05) is 0 Å². The lowest BCUT2D eigenvalue weighted by molar-refractivity contribution is 0.00578. The van der Waals surface area contributed by atoms with Gasteiger partial charge in [0, 0.05) is 6.20 Å². The fourth-order valence-corrected chi connectivity index (χ4v) is 3.37. The van der Waals surface area contributed by atoms with Crippen molar-refractivity contribution >= 4 is 18.7 Å². The first-order chi connectivity index (χ1) is 11.2. The van der Waals surface area contributed by atoms with Crippen LogP contribution in [-0.4, -0.2) is 23.3 Å². The number of nitrogens with zero attached hydrogens (tertiary/aromatic N) is 1. The lowest BCUT2D eigenvalue weighted by atomic mass is 9.52. The van der Waals surface area contributed by atoms with Gasteiger partial charge in [-0.2, -0.15) is 0 Å². The zero-order chi connectivity index (χ0) is 17.6. The Kier molecular flexibility index (Phi) is 4.27. The van der Waals surface area contributed by atoms with Crippen molar-refractivity contribution in [3.05, 3.63) is 64.9 Å². The molecule has 24 heavy (non-hydrogen) atoms. The molecule has 0 saturated carbocycles. The standard InChI is InChI=1S/C19H23BClNO2/c1-17(2)18(3,4)24-20(23-17)19(5,14-10-7-6-8-11-14)15-12-9-13-22-16(15)21/h6-13H,1-5H3/t19-/m0/s1. The van der Waals surface area contributed by atoms with E-state index in [0.717, 1.165) is 11.1 Å². The summed E-state index contributed by atoms with van der Waals surface area (Å²) in [6, 6.07) is 14.1. The number of pyridine rings is 1. The first-order valence-electron chi connectivity index (χ1n) is 8.21.